The summed E-state index contributed by atoms with van der Waals surface area (Å²) >= 11 is 0. The van der Waals surface area contributed by atoms with E-state index < -0.39 is 5.60 Å². The zero-order valence-electron chi connectivity index (χ0n) is 12.5. The van der Waals surface area contributed by atoms with Crippen molar-refractivity contribution in [2.45, 2.75) is 83.8 Å². The Labute approximate surface area is 113 Å². The summed E-state index contributed by atoms with van der Waals surface area (Å²) in [5.41, 5.74) is 0.0613. The Morgan fingerprint density at radius 3 is 2.39 bits per heavy atom. The normalized spacial score (nSPS) is 30.2. The van der Waals surface area contributed by atoms with Crippen LogP contribution in [0.2, 0.25) is 0 Å². The van der Waals surface area contributed by atoms with Gasteiger partial charge in [0.15, 0.2) is 0 Å². The quantitative estimate of drug-likeness (QED) is 0.786. The van der Waals surface area contributed by atoms with Gasteiger partial charge in [-0.2, -0.15) is 0 Å². The highest BCUT2D eigenvalue weighted by Crippen LogP contribution is 2.51. The van der Waals surface area contributed by atoms with Crippen LogP contribution in [0.15, 0.2) is 0 Å². The largest absolute Gasteiger partial charge is 0.389 e. The average Bonchev–Trinajstić information content (AvgIpc) is 2.27. The summed E-state index contributed by atoms with van der Waals surface area (Å²) in [4.78, 5) is 0. The van der Waals surface area contributed by atoms with Crippen molar-refractivity contribution in [2.24, 2.45) is 11.3 Å². The van der Waals surface area contributed by atoms with Gasteiger partial charge in [0.2, 0.25) is 0 Å². The first-order chi connectivity index (χ1) is 8.44. The van der Waals surface area contributed by atoms with Gasteiger partial charge in [-0.1, -0.05) is 33.1 Å². The van der Waals surface area contributed by atoms with E-state index in [0.717, 1.165) is 13.0 Å². The Morgan fingerprint density at radius 2 is 1.89 bits per heavy atom. The molecule has 2 rings (SSSR count). The highest BCUT2D eigenvalue weighted by Gasteiger charge is 2.46. The van der Waals surface area contributed by atoms with E-state index in [2.05, 4.69) is 19.2 Å². The Kier molecular flexibility index (Phi) is 4.38. The van der Waals surface area contributed by atoms with E-state index in [-0.39, 0.29) is 0 Å². The molecule has 0 aromatic heterocycles. The molecule has 0 aliphatic heterocycles. The van der Waals surface area contributed by atoms with Crippen molar-refractivity contribution in [3.8, 4) is 0 Å². The molecule has 2 unspecified atom stereocenters. The fraction of sp³-hybridized carbons (Fsp3) is 1.00. The maximum absolute atomic E-state index is 10.4. The predicted octanol–water partition coefficient (Wildman–Crippen LogP) is 3.49. The highest BCUT2D eigenvalue weighted by atomic mass is 16.3. The van der Waals surface area contributed by atoms with E-state index in [1.807, 2.05) is 6.92 Å². The fourth-order valence-corrected chi connectivity index (χ4v) is 4.16. The van der Waals surface area contributed by atoms with Gasteiger partial charge in [-0.05, 0) is 50.4 Å². The van der Waals surface area contributed by atoms with E-state index >= 15 is 0 Å². The molecule has 0 aromatic rings. The van der Waals surface area contributed by atoms with Crippen molar-refractivity contribution in [3.63, 3.8) is 0 Å². The maximum atomic E-state index is 10.4. The van der Waals surface area contributed by atoms with E-state index in [0.29, 0.717) is 17.4 Å². The van der Waals surface area contributed by atoms with Crippen LogP contribution in [0.5, 0.6) is 0 Å². The van der Waals surface area contributed by atoms with E-state index in [1.165, 1.54) is 44.9 Å². The molecule has 0 aromatic carbocycles. The minimum Gasteiger partial charge on any atom is -0.389 e. The zero-order chi connectivity index (χ0) is 13.2. The molecule has 18 heavy (non-hydrogen) atoms. The Hall–Kier alpha value is -0.0800. The van der Waals surface area contributed by atoms with Gasteiger partial charge in [0.05, 0.1) is 5.60 Å². The van der Waals surface area contributed by atoms with Gasteiger partial charge in [0, 0.05) is 12.6 Å². The topological polar surface area (TPSA) is 32.3 Å². The third kappa shape index (κ3) is 3.27. The minimum atomic E-state index is -0.542. The molecular formula is C16H31NO. The number of nitrogens with one attached hydrogen (secondary N) is 1. The number of rotatable bonds is 5. The molecule has 0 bridgehead atoms. The molecule has 2 N–H and O–H groups in total. The lowest BCUT2D eigenvalue weighted by Crippen LogP contribution is -2.57. The van der Waals surface area contributed by atoms with E-state index in [4.69, 9.17) is 0 Å². The first kappa shape index (κ1) is 14.3. The molecule has 2 saturated carbocycles. The van der Waals surface area contributed by atoms with E-state index in [9.17, 15) is 5.11 Å². The second kappa shape index (κ2) is 5.50. The number of hydrogen-bond donors (Lipinski definition) is 2. The van der Waals surface area contributed by atoms with Gasteiger partial charge in [0.25, 0.3) is 0 Å². The summed E-state index contributed by atoms with van der Waals surface area (Å²) in [6, 6.07) is 0.677. The lowest BCUT2D eigenvalue weighted by atomic mass is 9.57. The third-order valence-corrected chi connectivity index (χ3v) is 5.10. The van der Waals surface area contributed by atoms with Crippen molar-refractivity contribution in [2.75, 3.05) is 6.54 Å². The Balaban J connectivity index is 1.80. The lowest BCUT2D eigenvalue weighted by Gasteiger charge is -2.53. The van der Waals surface area contributed by atoms with Gasteiger partial charge in [-0.15, -0.1) is 0 Å². The summed E-state index contributed by atoms with van der Waals surface area (Å²) in [6.45, 7) is 7.10. The molecule has 0 radical (unpaired) electrons. The monoisotopic (exact) mass is 253 g/mol. The van der Waals surface area contributed by atoms with Crippen LogP contribution >= 0.6 is 0 Å². The van der Waals surface area contributed by atoms with Crippen LogP contribution in [-0.4, -0.2) is 23.3 Å². The summed E-state index contributed by atoms with van der Waals surface area (Å²) in [7, 11) is 0. The van der Waals surface area contributed by atoms with Crippen molar-refractivity contribution in [1.29, 1.82) is 0 Å². The molecule has 0 heterocycles. The average molecular weight is 253 g/mol. The van der Waals surface area contributed by atoms with Crippen LogP contribution in [0.4, 0.5) is 0 Å². The van der Waals surface area contributed by atoms with Crippen LogP contribution in [0.3, 0.4) is 0 Å². The SMILES string of the molecule is CC(C)CC(C)(O)CNC1CCC12CCCCC2. The number of aliphatic hydroxyl groups is 1. The second-order valence-corrected chi connectivity index (χ2v) is 7.49. The van der Waals surface area contributed by atoms with Gasteiger partial charge in [-0.25, -0.2) is 0 Å². The molecule has 1 spiro atoms. The molecular weight excluding hydrogens is 222 g/mol. The van der Waals surface area contributed by atoms with Crippen molar-refractivity contribution in [3.05, 3.63) is 0 Å². The molecule has 2 atom stereocenters. The maximum Gasteiger partial charge on any atom is 0.0746 e. The van der Waals surface area contributed by atoms with Crippen LogP contribution in [0.1, 0.15) is 72.1 Å². The van der Waals surface area contributed by atoms with Crippen molar-refractivity contribution >= 4 is 0 Å². The molecule has 0 amide bonds. The molecule has 2 fully saturated rings. The highest BCUT2D eigenvalue weighted by molar-refractivity contribution is 5.02. The van der Waals surface area contributed by atoms with Gasteiger partial charge in [0.1, 0.15) is 0 Å². The summed E-state index contributed by atoms with van der Waals surface area (Å²) in [5, 5.41) is 14.1. The van der Waals surface area contributed by atoms with E-state index in [1.54, 1.807) is 0 Å². The summed E-state index contributed by atoms with van der Waals surface area (Å²) in [6.07, 6.45) is 10.7. The summed E-state index contributed by atoms with van der Waals surface area (Å²) in [5.74, 6) is 0.562. The Bertz CT molecular complexity index is 266. The molecule has 2 aliphatic carbocycles. The summed E-state index contributed by atoms with van der Waals surface area (Å²) < 4.78 is 0. The van der Waals surface area contributed by atoms with Crippen LogP contribution in [-0.2, 0) is 0 Å². The molecule has 2 aliphatic rings. The first-order valence-electron chi connectivity index (χ1n) is 7.89. The van der Waals surface area contributed by atoms with Crippen LogP contribution < -0.4 is 5.32 Å². The van der Waals surface area contributed by atoms with Crippen LogP contribution in [0.25, 0.3) is 0 Å². The van der Waals surface area contributed by atoms with Gasteiger partial charge >= 0.3 is 0 Å². The minimum absolute atomic E-state index is 0.542. The second-order valence-electron chi connectivity index (χ2n) is 7.49. The standard InChI is InChI=1S/C16H31NO/c1-13(2)11-15(3,18)12-17-14-7-10-16(14)8-5-4-6-9-16/h13-14,17-18H,4-12H2,1-3H3. The first-order valence-corrected chi connectivity index (χ1v) is 7.89. The molecule has 0 saturated heterocycles. The van der Waals surface area contributed by atoms with Crippen molar-refractivity contribution < 1.29 is 5.11 Å². The number of hydrogen-bond acceptors (Lipinski definition) is 2. The lowest BCUT2D eigenvalue weighted by molar-refractivity contribution is -0.00900. The van der Waals surface area contributed by atoms with Crippen molar-refractivity contribution in [1.82, 2.24) is 5.32 Å². The van der Waals surface area contributed by atoms with Gasteiger partial charge < -0.3 is 10.4 Å². The smallest absolute Gasteiger partial charge is 0.0746 e. The predicted molar refractivity (Wildman–Crippen MR) is 76.6 cm³/mol. The van der Waals surface area contributed by atoms with Crippen LogP contribution in [0, 0.1) is 11.3 Å². The molecule has 2 nitrogen and oxygen atoms in total. The zero-order valence-corrected chi connectivity index (χ0v) is 12.5. The van der Waals surface area contributed by atoms with Gasteiger partial charge in [-0.3, -0.25) is 0 Å². The fourth-order valence-electron chi connectivity index (χ4n) is 4.16. The molecule has 2 heteroatoms. The molecule has 106 valence electrons. The Morgan fingerprint density at radius 1 is 1.22 bits per heavy atom. The third-order valence-electron chi connectivity index (χ3n) is 5.10.